The molecule has 0 N–H and O–H groups in total. The Bertz CT molecular complexity index is 1140. The van der Waals surface area contributed by atoms with Gasteiger partial charge in [0.15, 0.2) is 10.8 Å². The molecule has 0 unspecified atom stereocenters. The fourth-order valence-electron chi connectivity index (χ4n) is 3.48. The highest BCUT2D eigenvalue weighted by Crippen LogP contribution is 2.21. The van der Waals surface area contributed by atoms with Crippen LogP contribution in [-0.2, 0) is 17.1 Å². The molecule has 4 rings (SSSR count). The van der Waals surface area contributed by atoms with Crippen molar-refractivity contribution in [3.63, 3.8) is 0 Å². The smallest absolute Gasteiger partial charge is 0.262 e. The minimum absolute atomic E-state index is 0.0816. The van der Waals surface area contributed by atoms with Crippen LogP contribution in [0.2, 0.25) is 0 Å². The van der Waals surface area contributed by atoms with Crippen LogP contribution in [0.4, 0.5) is 5.82 Å². The molecule has 1 aliphatic rings. The molecular weight excluding hydrogens is 392 g/mol. The van der Waals surface area contributed by atoms with Crippen LogP contribution in [0.3, 0.4) is 0 Å². The summed E-state index contributed by atoms with van der Waals surface area (Å²) < 4.78 is 30.4. The summed E-state index contributed by atoms with van der Waals surface area (Å²) in [6.07, 6.45) is 3.02. The second-order valence-corrected chi connectivity index (χ2v) is 9.12. The molecule has 0 aliphatic carbocycles. The van der Waals surface area contributed by atoms with Crippen LogP contribution < -0.4 is 4.90 Å². The zero-order valence-corrected chi connectivity index (χ0v) is 17.8. The van der Waals surface area contributed by atoms with E-state index in [4.69, 9.17) is 0 Å². The maximum Gasteiger partial charge on any atom is 0.262 e. The van der Waals surface area contributed by atoms with Crippen molar-refractivity contribution in [2.75, 3.05) is 31.1 Å². The number of hydrogen-bond donors (Lipinski definition) is 0. The molecule has 0 bridgehead atoms. The van der Waals surface area contributed by atoms with Gasteiger partial charge in [-0.1, -0.05) is 0 Å². The second kappa shape index (κ2) is 7.23. The third-order valence-corrected chi connectivity index (χ3v) is 6.67. The largest absolute Gasteiger partial charge is 0.354 e. The van der Waals surface area contributed by atoms with E-state index in [-0.39, 0.29) is 5.03 Å². The number of sulfonamides is 1. The predicted octanol–water partition coefficient (Wildman–Crippen LogP) is 0.832. The molecule has 154 valence electrons. The monoisotopic (exact) mass is 416 g/mol. The lowest BCUT2D eigenvalue weighted by Crippen LogP contribution is -2.49. The molecule has 3 aromatic rings. The Morgan fingerprint density at radius 2 is 1.66 bits per heavy atom. The van der Waals surface area contributed by atoms with E-state index >= 15 is 0 Å². The van der Waals surface area contributed by atoms with Crippen LogP contribution in [-0.4, -0.2) is 68.2 Å². The van der Waals surface area contributed by atoms with Gasteiger partial charge < -0.3 is 9.47 Å². The quantitative estimate of drug-likeness (QED) is 0.621. The molecule has 0 saturated carbocycles. The van der Waals surface area contributed by atoms with E-state index in [1.54, 1.807) is 16.3 Å². The highest BCUT2D eigenvalue weighted by molar-refractivity contribution is 7.89. The molecule has 0 aromatic carbocycles. The molecule has 0 spiro atoms. The van der Waals surface area contributed by atoms with Crippen molar-refractivity contribution >= 4 is 15.8 Å². The number of nitrogens with zero attached hydrogens (tertiary/aromatic N) is 8. The normalized spacial score (nSPS) is 15.8. The number of aromatic nitrogens is 6. The first-order chi connectivity index (χ1) is 13.7. The Labute approximate surface area is 169 Å². The van der Waals surface area contributed by atoms with Gasteiger partial charge in [0, 0.05) is 51.2 Å². The van der Waals surface area contributed by atoms with Gasteiger partial charge in [0.05, 0.1) is 12.0 Å². The lowest BCUT2D eigenvalue weighted by Gasteiger charge is -2.34. The van der Waals surface area contributed by atoms with Crippen molar-refractivity contribution in [1.29, 1.82) is 0 Å². The predicted molar refractivity (Wildman–Crippen MR) is 108 cm³/mol. The molecule has 10 nitrogen and oxygen atoms in total. The summed E-state index contributed by atoms with van der Waals surface area (Å²) in [6, 6.07) is 3.90. The fourth-order valence-corrected chi connectivity index (χ4v) is 4.87. The van der Waals surface area contributed by atoms with Crippen LogP contribution in [0.5, 0.6) is 0 Å². The highest BCUT2D eigenvalue weighted by Gasteiger charge is 2.30. The van der Waals surface area contributed by atoms with E-state index < -0.39 is 10.0 Å². The molecular formula is C18H24N8O2S. The minimum Gasteiger partial charge on any atom is -0.354 e. The van der Waals surface area contributed by atoms with Gasteiger partial charge in [0.2, 0.25) is 0 Å². The first-order valence-corrected chi connectivity index (χ1v) is 10.8. The summed E-state index contributed by atoms with van der Waals surface area (Å²) in [6.45, 7) is 7.60. The van der Waals surface area contributed by atoms with Gasteiger partial charge in [0.1, 0.15) is 11.6 Å². The number of piperazine rings is 1. The standard InChI is InChI=1S/C18H24N8O2S/c1-13-9-14(2)26(22-13)17-10-16(20-15(3)21-17)24-5-7-25(8-6-24)29(27,28)18-11-23(4)12-19-18/h9-12H,5-8H2,1-4H3. The van der Waals surface area contributed by atoms with E-state index in [2.05, 4.69) is 25.0 Å². The average Bonchev–Trinajstić information content (AvgIpc) is 3.26. The van der Waals surface area contributed by atoms with E-state index in [1.165, 1.54) is 16.8 Å². The molecule has 4 heterocycles. The SMILES string of the molecule is Cc1cc(C)n(-c2cc(N3CCN(S(=O)(=O)c4cn(C)cn4)CC3)nc(C)n2)n1. The molecule has 1 fully saturated rings. The van der Waals surface area contributed by atoms with Gasteiger partial charge in [-0.15, -0.1) is 0 Å². The van der Waals surface area contributed by atoms with E-state index in [9.17, 15) is 8.42 Å². The maximum atomic E-state index is 12.8. The van der Waals surface area contributed by atoms with Gasteiger partial charge >= 0.3 is 0 Å². The number of imidazole rings is 1. The van der Waals surface area contributed by atoms with Gasteiger partial charge in [-0.05, 0) is 26.8 Å². The zero-order valence-electron chi connectivity index (χ0n) is 16.9. The third-order valence-electron chi connectivity index (χ3n) is 4.89. The summed E-state index contributed by atoms with van der Waals surface area (Å²) in [4.78, 5) is 15.1. The number of aryl methyl sites for hydroxylation is 4. The van der Waals surface area contributed by atoms with Crippen LogP contribution in [0, 0.1) is 20.8 Å². The van der Waals surface area contributed by atoms with Gasteiger partial charge in [-0.3, -0.25) is 0 Å². The Morgan fingerprint density at radius 3 is 2.24 bits per heavy atom. The minimum atomic E-state index is -3.58. The topological polar surface area (TPSA) is 102 Å². The van der Waals surface area contributed by atoms with Gasteiger partial charge in [0.25, 0.3) is 10.0 Å². The second-order valence-electron chi connectivity index (χ2n) is 7.24. The van der Waals surface area contributed by atoms with Crippen LogP contribution in [0.15, 0.2) is 29.7 Å². The Balaban J connectivity index is 1.54. The molecule has 29 heavy (non-hydrogen) atoms. The van der Waals surface area contributed by atoms with Crippen molar-refractivity contribution in [3.05, 3.63) is 41.9 Å². The van der Waals surface area contributed by atoms with E-state index in [0.717, 1.165) is 17.2 Å². The lowest BCUT2D eigenvalue weighted by atomic mass is 10.3. The summed E-state index contributed by atoms with van der Waals surface area (Å²) in [5.74, 6) is 2.13. The van der Waals surface area contributed by atoms with E-state index in [1.807, 2.05) is 32.9 Å². The molecule has 0 radical (unpaired) electrons. The van der Waals surface area contributed by atoms with Crippen LogP contribution in [0.25, 0.3) is 5.82 Å². The summed E-state index contributed by atoms with van der Waals surface area (Å²) >= 11 is 0. The number of anilines is 1. The maximum absolute atomic E-state index is 12.8. The first-order valence-electron chi connectivity index (χ1n) is 9.36. The lowest BCUT2D eigenvalue weighted by molar-refractivity contribution is 0.382. The highest BCUT2D eigenvalue weighted by atomic mass is 32.2. The molecule has 1 saturated heterocycles. The van der Waals surface area contributed by atoms with Crippen molar-refractivity contribution < 1.29 is 8.42 Å². The fraction of sp³-hybridized carbons (Fsp3) is 0.444. The van der Waals surface area contributed by atoms with Crippen LogP contribution in [0.1, 0.15) is 17.2 Å². The average molecular weight is 417 g/mol. The van der Waals surface area contributed by atoms with Crippen molar-refractivity contribution in [2.45, 2.75) is 25.8 Å². The third kappa shape index (κ3) is 3.75. The van der Waals surface area contributed by atoms with Gasteiger partial charge in [-0.25, -0.2) is 28.1 Å². The molecule has 1 aliphatic heterocycles. The summed E-state index contributed by atoms with van der Waals surface area (Å²) in [5, 5.41) is 4.58. The van der Waals surface area contributed by atoms with E-state index in [0.29, 0.717) is 37.8 Å². The molecule has 3 aromatic heterocycles. The van der Waals surface area contributed by atoms with Gasteiger partial charge in [-0.2, -0.15) is 9.40 Å². The number of hydrogen-bond acceptors (Lipinski definition) is 7. The Kier molecular flexibility index (Phi) is 4.87. The Morgan fingerprint density at radius 1 is 0.966 bits per heavy atom. The first kappa shape index (κ1) is 19.5. The molecule has 0 amide bonds. The summed E-state index contributed by atoms with van der Waals surface area (Å²) in [5.41, 5.74) is 1.92. The van der Waals surface area contributed by atoms with Crippen LogP contribution >= 0.6 is 0 Å². The Hall–Kier alpha value is -2.79. The van der Waals surface area contributed by atoms with Crippen molar-refractivity contribution in [1.82, 2.24) is 33.6 Å². The zero-order chi connectivity index (χ0) is 20.8. The molecule has 0 atom stereocenters. The molecule has 11 heteroatoms. The number of rotatable bonds is 4. The van der Waals surface area contributed by atoms with Crippen molar-refractivity contribution in [3.8, 4) is 5.82 Å². The summed E-state index contributed by atoms with van der Waals surface area (Å²) in [7, 11) is -1.83. The van der Waals surface area contributed by atoms with Crippen molar-refractivity contribution in [2.24, 2.45) is 7.05 Å².